The van der Waals surface area contributed by atoms with Crippen molar-refractivity contribution in [2.75, 3.05) is 13.7 Å². The maximum atomic E-state index is 13.0. The van der Waals surface area contributed by atoms with Crippen molar-refractivity contribution < 1.29 is 22.7 Å². The zero-order valence-electron chi connectivity index (χ0n) is 19.0. The van der Waals surface area contributed by atoms with Crippen LogP contribution in [-0.2, 0) is 15.7 Å². The molecule has 3 atom stereocenters. The molecule has 0 amide bonds. The number of carbonyl (C=O) groups excluding carboxylic acids is 1. The molecular formula is C25H34F3NO2. The van der Waals surface area contributed by atoms with Crippen LogP contribution >= 0.6 is 0 Å². The third-order valence-corrected chi connectivity index (χ3v) is 5.92. The Labute approximate surface area is 184 Å². The summed E-state index contributed by atoms with van der Waals surface area (Å²) in [5.74, 6) is 7.05. The maximum Gasteiger partial charge on any atom is 0.416 e. The highest BCUT2D eigenvalue weighted by molar-refractivity contribution is 5.69. The first-order chi connectivity index (χ1) is 14.7. The van der Waals surface area contributed by atoms with Crippen LogP contribution in [0.2, 0.25) is 0 Å². The predicted octanol–water partition coefficient (Wildman–Crippen LogP) is 6.24. The van der Waals surface area contributed by atoms with Crippen molar-refractivity contribution in [1.82, 2.24) is 4.90 Å². The number of esters is 1. The largest absolute Gasteiger partial charge is 0.469 e. The molecule has 1 aromatic carbocycles. The molecule has 3 nitrogen and oxygen atoms in total. The van der Waals surface area contributed by atoms with Gasteiger partial charge >= 0.3 is 12.1 Å². The quantitative estimate of drug-likeness (QED) is 0.374. The van der Waals surface area contributed by atoms with E-state index >= 15 is 0 Å². The molecule has 31 heavy (non-hydrogen) atoms. The summed E-state index contributed by atoms with van der Waals surface area (Å²) in [6, 6.07) is 5.43. The Morgan fingerprint density at radius 1 is 1.23 bits per heavy atom. The lowest BCUT2D eigenvalue weighted by molar-refractivity contribution is -0.142. The number of likely N-dealkylation sites (tertiary alicyclic amines) is 1. The van der Waals surface area contributed by atoms with E-state index in [9.17, 15) is 18.0 Å². The lowest BCUT2D eigenvalue weighted by Crippen LogP contribution is -2.43. The van der Waals surface area contributed by atoms with Crippen molar-refractivity contribution >= 4 is 5.97 Å². The summed E-state index contributed by atoms with van der Waals surface area (Å²) < 4.78 is 44.0. The van der Waals surface area contributed by atoms with E-state index in [2.05, 4.69) is 30.6 Å². The van der Waals surface area contributed by atoms with Gasteiger partial charge in [0.05, 0.1) is 18.7 Å². The first kappa shape index (κ1) is 25.3. The third-order valence-electron chi connectivity index (χ3n) is 5.92. The molecule has 1 heterocycles. The number of nitrogens with zero attached hydrogens (tertiary/aromatic N) is 1. The summed E-state index contributed by atoms with van der Waals surface area (Å²) in [5, 5.41) is 0. The summed E-state index contributed by atoms with van der Waals surface area (Å²) >= 11 is 0. The Kier molecular flexibility index (Phi) is 9.43. The minimum absolute atomic E-state index is 0.0497. The van der Waals surface area contributed by atoms with Gasteiger partial charge in [-0.3, -0.25) is 9.69 Å². The van der Waals surface area contributed by atoms with Gasteiger partial charge in [0.1, 0.15) is 0 Å². The van der Waals surface area contributed by atoms with E-state index in [-0.39, 0.29) is 24.0 Å². The van der Waals surface area contributed by atoms with Crippen molar-refractivity contribution in [2.45, 2.75) is 77.6 Å². The molecule has 6 heteroatoms. The van der Waals surface area contributed by atoms with Crippen LogP contribution in [0, 0.1) is 23.7 Å². The number of halogens is 3. The normalized spacial score (nSPS) is 20.8. The molecular weight excluding hydrogens is 403 g/mol. The molecule has 0 aromatic heterocycles. The fraction of sp³-hybridized carbons (Fsp3) is 0.640. The standard InChI is InChI=1S/C25H34F3NO2/c1-5-6-7-22(13-8-18(2)3)29-15-14-19(17-24(30)31-4)16-23(29)20-9-11-21(12-10-20)25(26,27)28/h9-12,18-19,22-23H,5,8,13-17H2,1-4H3/t19-,22-,23+/m1/s1. The first-order valence-corrected chi connectivity index (χ1v) is 11.1. The van der Waals surface area contributed by atoms with Crippen LogP contribution in [0.3, 0.4) is 0 Å². The summed E-state index contributed by atoms with van der Waals surface area (Å²) in [4.78, 5) is 14.2. The van der Waals surface area contributed by atoms with Crippen LogP contribution in [0.5, 0.6) is 0 Å². The van der Waals surface area contributed by atoms with Crippen LogP contribution in [0.25, 0.3) is 0 Å². The molecule has 2 rings (SSSR count). The predicted molar refractivity (Wildman–Crippen MR) is 116 cm³/mol. The van der Waals surface area contributed by atoms with Gasteiger partial charge in [0.2, 0.25) is 0 Å². The van der Waals surface area contributed by atoms with E-state index in [1.807, 2.05) is 6.92 Å². The lowest BCUT2D eigenvalue weighted by Gasteiger charge is -2.43. The Morgan fingerprint density at radius 3 is 2.45 bits per heavy atom. The number of hydrogen-bond acceptors (Lipinski definition) is 3. The fourth-order valence-corrected chi connectivity index (χ4v) is 4.19. The molecule has 1 aromatic rings. The summed E-state index contributed by atoms with van der Waals surface area (Å²) in [7, 11) is 1.38. The highest BCUT2D eigenvalue weighted by Crippen LogP contribution is 2.39. The van der Waals surface area contributed by atoms with Gasteiger partial charge in [0.25, 0.3) is 0 Å². The molecule has 0 spiro atoms. The number of ether oxygens (including phenoxy) is 1. The van der Waals surface area contributed by atoms with E-state index in [1.165, 1.54) is 7.11 Å². The van der Waals surface area contributed by atoms with Crippen LogP contribution in [-0.4, -0.2) is 30.6 Å². The highest BCUT2D eigenvalue weighted by atomic mass is 19.4. The van der Waals surface area contributed by atoms with E-state index in [0.29, 0.717) is 18.8 Å². The van der Waals surface area contributed by atoms with Crippen molar-refractivity contribution in [3.8, 4) is 11.8 Å². The third kappa shape index (κ3) is 7.57. The van der Waals surface area contributed by atoms with Gasteiger partial charge in [0.15, 0.2) is 0 Å². The van der Waals surface area contributed by atoms with Gasteiger partial charge in [-0.05, 0) is 55.2 Å². The number of methoxy groups -OCH3 is 1. The lowest BCUT2D eigenvalue weighted by atomic mass is 9.83. The van der Waals surface area contributed by atoms with Gasteiger partial charge in [-0.1, -0.05) is 38.8 Å². The molecule has 1 aliphatic rings. The second-order valence-electron chi connectivity index (χ2n) is 8.71. The second kappa shape index (κ2) is 11.6. The molecule has 0 N–H and O–H groups in total. The zero-order valence-corrected chi connectivity index (χ0v) is 19.0. The Balaban J connectivity index is 2.33. The average Bonchev–Trinajstić information content (AvgIpc) is 2.73. The SMILES string of the molecule is CCC#C[C@H](CCC(C)C)N1CC[C@@H](CC(=O)OC)C[C@H]1c1ccc(C(F)(F)F)cc1. The van der Waals surface area contributed by atoms with Crippen LogP contribution in [0.1, 0.15) is 76.5 Å². The fourth-order valence-electron chi connectivity index (χ4n) is 4.19. The summed E-state index contributed by atoms with van der Waals surface area (Å²) in [5.41, 5.74) is 0.197. The van der Waals surface area contributed by atoms with Gasteiger partial charge in [0, 0.05) is 25.4 Å². The number of carbonyl (C=O) groups is 1. The maximum absolute atomic E-state index is 13.0. The number of alkyl halides is 3. The van der Waals surface area contributed by atoms with Gasteiger partial charge in [-0.25, -0.2) is 0 Å². The van der Waals surface area contributed by atoms with Crippen molar-refractivity contribution in [2.24, 2.45) is 11.8 Å². The molecule has 0 bridgehead atoms. The number of hydrogen-bond donors (Lipinski definition) is 0. The highest BCUT2D eigenvalue weighted by Gasteiger charge is 2.35. The number of rotatable bonds is 7. The second-order valence-corrected chi connectivity index (χ2v) is 8.71. The topological polar surface area (TPSA) is 29.5 Å². The molecule has 0 radical (unpaired) electrons. The molecule has 0 saturated carbocycles. The van der Waals surface area contributed by atoms with Crippen molar-refractivity contribution in [1.29, 1.82) is 0 Å². The van der Waals surface area contributed by atoms with E-state index in [0.717, 1.165) is 49.9 Å². The number of piperidine rings is 1. The van der Waals surface area contributed by atoms with E-state index < -0.39 is 11.7 Å². The van der Waals surface area contributed by atoms with Crippen LogP contribution in [0.15, 0.2) is 24.3 Å². The smallest absolute Gasteiger partial charge is 0.416 e. The Hall–Kier alpha value is -2.00. The van der Waals surface area contributed by atoms with Crippen molar-refractivity contribution in [3.05, 3.63) is 35.4 Å². The summed E-state index contributed by atoms with van der Waals surface area (Å²) in [6.45, 7) is 7.14. The molecule has 1 fully saturated rings. The Morgan fingerprint density at radius 2 is 1.90 bits per heavy atom. The van der Waals surface area contributed by atoms with Crippen molar-refractivity contribution in [3.63, 3.8) is 0 Å². The van der Waals surface area contributed by atoms with Crippen LogP contribution < -0.4 is 0 Å². The molecule has 1 aliphatic heterocycles. The summed E-state index contributed by atoms with van der Waals surface area (Å²) in [6.07, 6.45) is 0.240. The van der Waals surface area contributed by atoms with E-state index in [1.54, 1.807) is 12.1 Å². The first-order valence-electron chi connectivity index (χ1n) is 11.1. The number of benzene rings is 1. The van der Waals surface area contributed by atoms with Gasteiger partial charge < -0.3 is 4.74 Å². The minimum atomic E-state index is -4.36. The molecule has 172 valence electrons. The molecule has 1 saturated heterocycles. The van der Waals surface area contributed by atoms with Gasteiger partial charge in [-0.15, -0.1) is 5.92 Å². The van der Waals surface area contributed by atoms with Gasteiger partial charge in [-0.2, -0.15) is 13.2 Å². The van der Waals surface area contributed by atoms with E-state index in [4.69, 9.17) is 4.74 Å². The molecule has 0 aliphatic carbocycles. The average molecular weight is 438 g/mol. The zero-order chi connectivity index (χ0) is 23.0. The Bertz CT molecular complexity index is 762. The van der Waals surface area contributed by atoms with Crippen LogP contribution in [0.4, 0.5) is 13.2 Å². The molecule has 0 unspecified atom stereocenters. The minimum Gasteiger partial charge on any atom is -0.469 e. The monoisotopic (exact) mass is 437 g/mol.